The molecule has 0 atom stereocenters. The fraction of sp³-hybridized carbons (Fsp3) is 0.533. The van der Waals surface area contributed by atoms with Crippen molar-refractivity contribution in [2.45, 2.75) is 43.1 Å². The van der Waals surface area contributed by atoms with E-state index < -0.39 is 0 Å². The van der Waals surface area contributed by atoms with E-state index in [0.717, 1.165) is 49.2 Å². The molecule has 6 heteroatoms. The van der Waals surface area contributed by atoms with Crippen LogP contribution in [0.5, 0.6) is 0 Å². The van der Waals surface area contributed by atoms with Gasteiger partial charge in [-0.2, -0.15) is 0 Å². The Bertz CT molecular complexity index is 563. The number of hydrogen-bond donors (Lipinski definition) is 1. The topological polar surface area (TPSA) is 55.6 Å². The maximum atomic E-state index is 4.47. The lowest BCUT2D eigenvalue weighted by Crippen LogP contribution is -2.28. The van der Waals surface area contributed by atoms with Gasteiger partial charge in [-0.15, -0.1) is 10.2 Å². The molecule has 0 aromatic carbocycles. The van der Waals surface area contributed by atoms with Crippen molar-refractivity contribution in [1.29, 1.82) is 0 Å². The predicted molar refractivity (Wildman–Crippen MR) is 84.3 cm³/mol. The van der Waals surface area contributed by atoms with Crippen LogP contribution in [0.15, 0.2) is 29.7 Å². The van der Waals surface area contributed by atoms with Crippen LogP contribution in [0.2, 0.25) is 0 Å². The van der Waals surface area contributed by atoms with Gasteiger partial charge in [0.1, 0.15) is 5.82 Å². The molecule has 0 radical (unpaired) electrons. The minimum Gasteiger partial charge on any atom is -0.317 e. The van der Waals surface area contributed by atoms with Gasteiger partial charge in [0.2, 0.25) is 0 Å². The van der Waals surface area contributed by atoms with Crippen molar-refractivity contribution in [3.8, 4) is 0 Å². The average molecular weight is 303 g/mol. The lowest BCUT2D eigenvalue weighted by atomic mass is 9.97. The summed E-state index contributed by atoms with van der Waals surface area (Å²) in [6.07, 6.45) is 6.03. The summed E-state index contributed by atoms with van der Waals surface area (Å²) in [5.41, 5.74) is 1.22. The van der Waals surface area contributed by atoms with Crippen molar-refractivity contribution in [3.63, 3.8) is 0 Å². The van der Waals surface area contributed by atoms with Crippen LogP contribution >= 0.6 is 11.8 Å². The van der Waals surface area contributed by atoms with E-state index in [1.165, 1.54) is 5.56 Å². The minimum absolute atomic E-state index is 0.548. The molecule has 1 saturated heterocycles. The number of hydrogen-bond acceptors (Lipinski definition) is 5. The van der Waals surface area contributed by atoms with E-state index >= 15 is 0 Å². The quantitative estimate of drug-likeness (QED) is 0.860. The SMILES string of the molecule is CCn1c(SCc2cccnc2)nnc1C1CCNCC1. The van der Waals surface area contributed by atoms with Gasteiger partial charge in [-0.25, -0.2) is 0 Å². The van der Waals surface area contributed by atoms with Crippen LogP contribution in [-0.2, 0) is 12.3 Å². The molecule has 3 heterocycles. The summed E-state index contributed by atoms with van der Waals surface area (Å²) in [6.45, 7) is 5.27. The molecule has 2 aromatic rings. The Labute approximate surface area is 129 Å². The van der Waals surface area contributed by atoms with E-state index in [-0.39, 0.29) is 0 Å². The van der Waals surface area contributed by atoms with E-state index in [1.807, 2.05) is 12.3 Å². The molecule has 0 saturated carbocycles. The number of rotatable bonds is 5. The van der Waals surface area contributed by atoms with Gasteiger partial charge in [0.15, 0.2) is 5.16 Å². The maximum absolute atomic E-state index is 4.47. The third-order valence-corrected chi connectivity index (χ3v) is 4.89. The van der Waals surface area contributed by atoms with Crippen molar-refractivity contribution in [2.75, 3.05) is 13.1 Å². The van der Waals surface area contributed by atoms with Gasteiger partial charge in [0.05, 0.1) is 0 Å². The molecule has 21 heavy (non-hydrogen) atoms. The number of nitrogens with one attached hydrogen (secondary N) is 1. The molecule has 3 rings (SSSR count). The zero-order chi connectivity index (χ0) is 14.5. The number of pyridine rings is 1. The van der Waals surface area contributed by atoms with E-state index in [9.17, 15) is 0 Å². The lowest BCUT2D eigenvalue weighted by molar-refractivity contribution is 0.428. The molecule has 1 aliphatic heterocycles. The standard InChI is InChI=1S/C15H21N5S/c1-2-20-14(13-5-8-16-9-6-13)18-19-15(20)21-11-12-4-3-7-17-10-12/h3-4,7,10,13,16H,2,5-6,8-9,11H2,1H3. The Balaban J connectivity index is 1.72. The molecule has 1 fully saturated rings. The molecule has 0 bridgehead atoms. The largest absolute Gasteiger partial charge is 0.317 e. The van der Waals surface area contributed by atoms with Gasteiger partial charge in [-0.3, -0.25) is 4.98 Å². The van der Waals surface area contributed by atoms with Gasteiger partial charge in [0.25, 0.3) is 0 Å². The van der Waals surface area contributed by atoms with Gasteiger partial charge in [-0.1, -0.05) is 17.8 Å². The van der Waals surface area contributed by atoms with Gasteiger partial charge in [-0.05, 0) is 44.5 Å². The number of piperidine rings is 1. The molecular weight excluding hydrogens is 282 g/mol. The first-order valence-corrected chi connectivity index (χ1v) is 8.52. The molecule has 2 aromatic heterocycles. The van der Waals surface area contributed by atoms with Crippen LogP contribution in [0.1, 0.15) is 37.1 Å². The fourth-order valence-corrected chi connectivity index (χ4v) is 3.66. The number of thioether (sulfide) groups is 1. The summed E-state index contributed by atoms with van der Waals surface area (Å²) < 4.78 is 2.27. The number of aromatic nitrogens is 4. The van der Waals surface area contributed by atoms with Gasteiger partial charge >= 0.3 is 0 Å². The van der Waals surface area contributed by atoms with E-state index in [0.29, 0.717) is 5.92 Å². The smallest absolute Gasteiger partial charge is 0.191 e. The summed E-state index contributed by atoms with van der Waals surface area (Å²) in [6, 6.07) is 4.07. The highest BCUT2D eigenvalue weighted by atomic mass is 32.2. The summed E-state index contributed by atoms with van der Waals surface area (Å²) in [4.78, 5) is 4.16. The molecule has 0 spiro atoms. The molecular formula is C15H21N5S. The monoisotopic (exact) mass is 303 g/mol. The second kappa shape index (κ2) is 7.04. The third-order valence-electron chi connectivity index (χ3n) is 3.86. The first-order valence-electron chi connectivity index (χ1n) is 7.54. The third kappa shape index (κ3) is 3.44. The Kier molecular flexibility index (Phi) is 4.87. The van der Waals surface area contributed by atoms with Crippen molar-refractivity contribution in [2.24, 2.45) is 0 Å². The van der Waals surface area contributed by atoms with E-state index in [1.54, 1.807) is 18.0 Å². The van der Waals surface area contributed by atoms with Crippen LogP contribution in [0.25, 0.3) is 0 Å². The molecule has 112 valence electrons. The van der Waals surface area contributed by atoms with Crippen LogP contribution in [0, 0.1) is 0 Å². The van der Waals surface area contributed by atoms with Crippen LogP contribution in [0.3, 0.4) is 0 Å². The van der Waals surface area contributed by atoms with Gasteiger partial charge in [0, 0.05) is 30.6 Å². The summed E-state index contributed by atoms with van der Waals surface area (Å²) in [7, 11) is 0. The molecule has 0 aliphatic carbocycles. The lowest BCUT2D eigenvalue weighted by Gasteiger charge is -2.22. The second-order valence-electron chi connectivity index (χ2n) is 5.26. The van der Waals surface area contributed by atoms with Crippen LogP contribution < -0.4 is 5.32 Å². The van der Waals surface area contributed by atoms with E-state index in [2.05, 4.69) is 38.1 Å². The van der Waals surface area contributed by atoms with Crippen LogP contribution in [-0.4, -0.2) is 32.8 Å². The van der Waals surface area contributed by atoms with Gasteiger partial charge < -0.3 is 9.88 Å². The normalized spacial score (nSPS) is 16.2. The molecule has 0 amide bonds. The van der Waals surface area contributed by atoms with Crippen molar-refractivity contribution < 1.29 is 0 Å². The first-order chi connectivity index (χ1) is 10.4. The Morgan fingerprint density at radius 2 is 2.19 bits per heavy atom. The van der Waals surface area contributed by atoms with Crippen LogP contribution in [0.4, 0.5) is 0 Å². The highest BCUT2D eigenvalue weighted by Gasteiger charge is 2.22. The molecule has 5 nitrogen and oxygen atoms in total. The second-order valence-corrected chi connectivity index (χ2v) is 6.20. The Morgan fingerprint density at radius 1 is 1.33 bits per heavy atom. The predicted octanol–water partition coefficient (Wildman–Crippen LogP) is 2.45. The maximum Gasteiger partial charge on any atom is 0.191 e. The molecule has 1 aliphatic rings. The first kappa shape index (κ1) is 14.5. The summed E-state index contributed by atoms with van der Waals surface area (Å²) in [5, 5.41) is 13.3. The minimum atomic E-state index is 0.548. The summed E-state index contributed by atoms with van der Waals surface area (Å²) in [5.74, 6) is 2.59. The zero-order valence-corrected chi connectivity index (χ0v) is 13.1. The molecule has 1 N–H and O–H groups in total. The molecule has 0 unspecified atom stereocenters. The fourth-order valence-electron chi connectivity index (χ4n) is 2.72. The van der Waals surface area contributed by atoms with Crippen molar-refractivity contribution in [3.05, 3.63) is 35.9 Å². The highest BCUT2D eigenvalue weighted by molar-refractivity contribution is 7.98. The van der Waals surface area contributed by atoms with Crippen molar-refractivity contribution >= 4 is 11.8 Å². The van der Waals surface area contributed by atoms with E-state index in [4.69, 9.17) is 0 Å². The Hall–Kier alpha value is -1.40. The highest BCUT2D eigenvalue weighted by Crippen LogP contribution is 2.28. The summed E-state index contributed by atoms with van der Waals surface area (Å²) >= 11 is 1.74. The van der Waals surface area contributed by atoms with Crippen molar-refractivity contribution in [1.82, 2.24) is 25.1 Å². The zero-order valence-electron chi connectivity index (χ0n) is 12.3. The number of nitrogens with zero attached hydrogens (tertiary/aromatic N) is 4. The Morgan fingerprint density at radius 3 is 2.90 bits per heavy atom. The average Bonchev–Trinajstić information content (AvgIpc) is 2.97.